The number of thiophene rings is 1. The molecule has 2 heterocycles. The van der Waals surface area contributed by atoms with E-state index >= 15 is 0 Å². The van der Waals surface area contributed by atoms with Crippen LogP contribution in [-0.2, 0) is 0 Å². The number of para-hydroxylation sites is 3. The number of rotatable bonds is 7. The van der Waals surface area contributed by atoms with Gasteiger partial charge < -0.3 is 9.47 Å². The second kappa shape index (κ2) is 14.5. The molecule has 286 valence electrons. The van der Waals surface area contributed by atoms with Gasteiger partial charge in [-0.3, -0.25) is 0 Å². The minimum Gasteiger partial charge on any atom is -0.309 e. The number of hydrogen-bond donors (Lipinski definition) is 0. The Balaban J connectivity index is 0.944. The predicted octanol–water partition coefficient (Wildman–Crippen LogP) is 16.8. The van der Waals surface area contributed by atoms with E-state index in [0.29, 0.717) is 0 Å². The second-order valence-corrected chi connectivity index (χ2v) is 16.8. The Labute approximate surface area is 358 Å². The number of hydrogen-bond acceptors (Lipinski definition) is 2. The lowest BCUT2D eigenvalue weighted by Gasteiger charge is -2.26. The van der Waals surface area contributed by atoms with Crippen molar-refractivity contribution in [3.63, 3.8) is 0 Å². The molecule has 2 nitrogen and oxygen atoms in total. The molecular weight excluding hydrogens is 757 g/mol. The van der Waals surface area contributed by atoms with E-state index in [0.717, 1.165) is 11.4 Å². The normalized spacial score (nSPS) is 11.6. The van der Waals surface area contributed by atoms with E-state index in [-0.39, 0.29) is 0 Å². The van der Waals surface area contributed by atoms with Gasteiger partial charge in [-0.1, -0.05) is 164 Å². The summed E-state index contributed by atoms with van der Waals surface area (Å²) in [6.07, 6.45) is 0. The summed E-state index contributed by atoms with van der Waals surface area (Å²) in [6.45, 7) is 0. The Morgan fingerprint density at radius 3 is 1.62 bits per heavy atom. The molecule has 0 aliphatic rings. The Kier molecular flexibility index (Phi) is 8.39. The third-order valence-corrected chi connectivity index (χ3v) is 13.4. The SMILES string of the molecule is c1cc(-c2ccc(N(c3ccc(-c4ccc5ccccc5c4)cc3)c3cccc4c3sc3ccccc34)cc2)cc(-c2ccccc2-n2c3ccccc3c3ccccc32)c1. The smallest absolute Gasteiger partial charge is 0.0640 e. The maximum absolute atomic E-state index is 2.42. The molecule has 61 heavy (non-hydrogen) atoms. The lowest BCUT2D eigenvalue weighted by atomic mass is 9.97. The molecule has 0 fully saturated rings. The van der Waals surface area contributed by atoms with Crippen LogP contribution in [0.2, 0.25) is 0 Å². The van der Waals surface area contributed by atoms with Gasteiger partial charge in [0.1, 0.15) is 0 Å². The summed E-state index contributed by atoms with van der Waals surface area (Å²) in [4.78, 5) is 2.42. The van der Waals surface area contributed by atoms with Crippen LogP contribution in [0, 0.1) is 0 Å². The van der Waals surface area contributed by atoms with Gasteiger partial charge in [0.2, 0.25) is 0 Å². The number of aromatic nitrogens is 1. The van der Waals surface area contributed by atoms with Crippen LogP contribution in [0.3, 0.4) is 0 Å². The van der Waals surface area contributed by atoms with Gasteiger partial charge in [0, 0.05) is 43.2 Å². The summed E-state index contributed by atoms with van der Waals surface area (Å²) in [7, 11) is 0. The van der Waals surface area contributed by atoms with Crippen molar-refractivity contribution in [2.24, 2.45) is 0 Å². The van der Waals surface area contributed by atoms with Crippen molar-refractivity contribution < 1.29 is 0 Å². The van der Waals surface area contributed by atoms with Crippen molar-refractivity contribution in [2.45, 2.75) is 0 Å². The van der Waals surface area contributed by atoms with E-state index in [2.05, 4.69) is 240 Å². The first-order chi connectivity index (χ1) is 30.2. The highest BCUT2D eigenvalue weighted by atomic mass is 32.1. The van der Waals surface area contributed by atoms with E-state index in [1.54, 1.807) is 0 Å². The van der Waals surface area contributed by atoms with Gasteiger partial charge in [-0.05, 0) is 105 Å². The molecule has 12 aromatic rings. The predicted molar refractivity (Wildman–Crippen MR) is 262 cm³/mol. The van der Waals surface area contributed by atoms with Crippen LogP contribution in [-0.4, -0.2) is 4.57 Å². The Hall–Kier alpha value is -7.72. The average molecular weight is 795 g/mol. The van der Waals surface area contributed by atoms with Crippen LogP contribution < -0.4 is 4.90 Å². The van der Waals surface area contributed by atoms with Gasteiger partial charge in [-0.25, -0.2) is 0 Å². The van der Waals surface area contributed by atoms with Gasteiger partial charge in [-0.2, -0.15) is 0 Å². The van der Waals surface area contributed by atoms with E-state index in [1.165, 1.54) is 97.5 Å². The van der Waals surface area contributed by atoms with Crippen LogP contribution in [0.1, 0.15) is 0 Å². The molecule has 2 aromatic heterocycles. The van der Waals surface area contributed by atoms with Crippen LogP contribution in [0.5, 0.6) is 0 Å². The fraction of sp³-hybridized carbons (Fsp3) is 0. The van der Waals surface area contributed by atoms with Crippen LogP contribution in [0.15, 0.2) is 231 Å². The summed E-state index contributed by atoms with van der Waals surface area (Å²) in [5.41, 5.74) is 14.1. The first kappa shape index (κ1) is 35.2. The number of anilines is 3. The van der Waals surface area contributed by atoms with Crippen molar-refractivity contribution in [3.05, 3.63) is 231 Å². The lowest BCUT2D eigenvalue weighted by Crippen LogP contribution is -2.10. The topological polar surface area (TPSA) is 8.17 Å². The van der Waals surface area contributed by atoms with Crippen LogP contribution in [0.4, 0.5) is 17.1 Å². The molecule has 0 radical (unpaired) electrons. The highest BCUT2D eigenvalue weighted by molar-refractivity contribution is 7.26. The summed E-state index contributed by atoms with van der Waals surface area (Å²) in [5.74, 6) is 0. The Morgan fingerprint density at radius 1 is 0.344 bits per heavy atom. The molecule has 0 atom stereocenters. The van der Waals surface area contributed by atoms with Crippen molar-refractivity contribution in [2.75, 3.05) is 4.90 Å². The summed E-state index contributed by atoms with van der Waals surface area (Å²) in [6, 6.07) is 84.1. The number of benzene rings is 10. The molecule has 10 aromatic carbocycles. The fourth-order valence-electron chi connectivity index (χ4n) is 9.27. The maximum atomic E-state index is 2.42. The molecule has 0 saturated heterocycles. The zero-order valence-corrected chi connectivity index (χ0v) is 34.1. The Bertz CT molecular complexity index is 3540. The molecule has 0 spiro atoms. The van der Waals surface area contributed by atoms with Crippen molar-refractivity contribution in [3.8, 4) is 39.1 Å². The highest BCUT2D eigenvalue weighted by Crippen LogP contribution is 2.45. The molecule has 12 rings (SSSR count). The monoisotopic (exact) mass is 794 g/mol. The average Bonchev–Trinajstić information content (AvgIpc) is 3.88. The van der Waals surface area contributed by atoms with Crippen molar-refractivity contribution in [1.29, 1.82) is 0 Å². The van der Waals surface area contributed by atoms with E-state index in [1.807, 2.05) is 11.3 Å². The van der Waals surface area contributed by atoms with Gasteiger partial charge in [-0.15, -0.1) is 11.3 Å². The molecule has 0 aliphatic carbocycles. The zero-order valence-electron chi connectivity index (χ0n) is 33.2. The van der Waals surface area contributed by atoms with Gasteiger partial charge in [0.05, 0.1) is 27.1 Å². The summed E-state index contributed by atoms with van der Waals surface area (Å²) in [5, 5.41) is 7.61. The van der Waals surface area contributed by atoms with E-state index < -0.39 is 0 Å². The van der Waals surface area contributed by atoms with E-state index in [4.69, 9.17) is 0 Å². The molecule has 0 amide bonds. The summed E-state index contributed by atoms with van der Waals surface area (Å²) < 4.78 is 4.99. The third-order valence-electron chi connectivity index (χ3n) is 12.2. The fourth-order valence-corrected chi connectivity index (χ4v) is 10.5. The first-order valence-corrected chi connectivity index (χ1v) is 21.6. The molecule has 0 N–H and O–H groups in total. The summed E-state index contributed by atoms with van der Waals surface area (Å²) >= 11 is 1.86. The second-order valence-electron chi connectivity index (χ2n) is 15.7. The zero-order chi connectivity index (χ0) is 40.3. The van der Waals surface area contributed by atoms with Gasteiger partial charge >= 0.3 is 0 Å². The van der Waals surface area contributed by atoms with Crippen molar-refractivity contribution >= 4 is 81.1 Å². The standard InChI is InChI=1S/C58H38N2S/c1-2-14-42-37-44(28-27-39(42)13-1)41-31-35-47(36-32-41)59(56-25-12-21-52-51-20-6-10-26-57(51)61-58(52)56)46-33-29-40(30-34-46)43-15-11-16-45(38-43)48-17-3-7-22-53(48)60-54-23-8-4-18-49(54)50-19-5-9-24-55(50)60/h1-38H. The minimum atomic E-state index is 1.11. The Morgan fingerprint density at radius 2 is 0.885 bits per heavy atom. The largest absolute Gasteiger partial charge is 0.309 e. The maximum Gasteiger partial charge on any atom is 0.0640 e. The van der Waals surface area contributed by atoms with E-state index in [9.17, 15) is 0 Å². The molecule has 3 heteroatoms. The molecule has 0 aliphatic heterocycles. The molecule has 0 unspecified atom stereocenters. The van der Waals surface area contributed by atoms with Crippen molar-refractivity contribution in [1.82, 2.24) is 4.57 Å². The number of nitrogens with zero attached hydrogens (tertiary/aromatic N) is 2. The minimum absolute atomic E-state index is 1.11. The first-order valence-electron chi connectivity index (χ1n) is 20.8. The highest BCUT2D eigenvalue weighted by Gasteiger charge is 2.19. The molecular formula is C58H38N2S. The quantitative estimate of drug-likeness (QED) is 0.156. The van der Waals surface area contributed by atoms with Gasteiger partial charge in [0.15, 0.2) is 0 Å². The van der Waals surface area contributed by atoms with Gasteiger partial charge in [0.25, 0.3) is 0 Å². The van der Waals surface area contributed by atoms with Crippen LogP contribution in [0.25, 0.3) is 91.8 Å². The van der Waals surface area contributed by atoms with Crippen LogP contribution >= 0.6 is 11.3 Å². The lowest BCUT2D eigenvalue weighted by molar-refractivity contribution is 1.18. The number of fused-ring (bicyclic) bond motifs is 7. The third kappa shape index (κ3) is 6.01. The molecule has 0 saturated carbocycles. The molecule has 0 bridgehead atoms.